The van der Waals surface area contributed by atoms with Gasteiger partial charge in [0.05, 0.1) is 16.8 Å². The van der Waals surface area contributed by atoms with Crippen LogP contribution in [0.25, 0.3) is 22.0 Å². The minimum Gasteiger partial charge on any atom is -0.482 e. The Balaban J connectivity index is 1.67. The zero-order valence-corrected chi connectivity index (χ0v) is 19.0. The minimum absolute atomic E-state index is 0.0634. The van der Waals surface area contributed by atoms with Crippen LogP contribution in [0, 0.1) is 6.92 Å². The summed E-state index contributed by atoms with van der Waals surface area (Å²) in [5.74, 6) is -1.28. The number of ether oxygens (including phenoxy) is 1. The first-order valence-electron chi connectivity index (χ1n) is 10.7. The zero-order valence-electron chi connectivity index (χ0n) is 19.0. The van der Waals surface area contributed by atoms with E-state index >= 15 is 0 Å². The number of halogens is 6. The van der Waals surface area contributed by atoms with Gasteiger partial charge >= 0.3 is 12.4 Å². The molecule has 3 N–H and O–H groups in total. The molecule has 4 aromatic rings. The highest BCUT2D eigenvalue weighted by atomic mass is 19.4. The van der Waals surface area contributed by atoms with Crippen molar-refractivity contribution in [1.82, 2.24) is 9.97 Å². The molecule has 37 heavy (non-hydrogen) atoms. The first-order chi connectivity index (χ1) is 17.3. The van der Waals surface area contributed by atoms with Gasteiger partial charge in [0, 0.05) is 17.1 Å². The second-order valence-electron chi connectivity index (χ2n) is 8.10. The SMILES string of the molecule is Cc1ccc(C(=O)Nc2cc(C(F)(F)F)ccc2OCC(F)(F)F)cc1-c1ccc2nc(N)ncc2c1. The predicted molar refractivity (Wildman–Crippen MR) is 125 cm³/mol. The standard InChI is InChI=1S/C25H18F6N4O2/c1-13-2-3-15(9-18(13)14-4-6-19-16(8-14)11-33-23(32)35-19)22(36)34-20-10-17(25(29,30)31)5-7-21(20)37-12-24(26,27)28/h2-11H,12H2,1H3,(H,34,36)(H2,32,33,35). The molecule has 12 heteroatoms. The van der Waals surface area contributed by atoms with E-state index in [1.807, 2.05) is 0 Å². The lowest BCUT2D eigenvalue weighted by Crippen LogP contribution is -2.21. The second-order valence-corrected chi connectivity index (χ2v) is 8.10. The van der Waals surface area contributed by atoms with E-state index in [2.05, 4.69) is 20.0 Å². The van der Waals surface area contributed by atoms with Gasteiger partial charge in [-0.2, -0.15) is 26.3 Å². The topological polar surface area (TPSA) is 90.1 Å². The van der Waals surface area contributed by atoms with Crippen molar-refractivity contribution in [2.75, 3.05) is 17.7 Å². The number of fused-ring (bicyclic) bond motifs is 1. The number of amides is 1. The molecule has 3 aromatic carbocycles. The summed E-state index contributed by atoms with van der Waals surface area (Å²) >= 11 is 0. The van der Waals surface area contributed by atoms with Crippen LogP contribution in [0.15, 0.2) is 60.8 Å². The third kappa shape index (κ3) is 6.08. The average molecular weight is 520 g/mol. The number of carbonyl (C=O) groups excluding carboxylic acids is 1. The summed E-state index contributed by atoms with van der Waals surface area (Å²) in [5, 5.41) is 2.94. The molecule has 6 nitrogen and oxygen atoms in total. The highest BCUT2D eigenvalue weighted by Gasteiger charge is 2.33. The molecule has 0 aliphatic heterocycles. The number of nitrogens with zero attached hydrogens (tertiary/aromatic N) is 2. The summed E-state index contributed by atoms with van der Waals surface area (Å²) in [6.07, 6.45) is -7.97. The Hall–Kier alpha value is -4.35. The molecule has 0 aliphatic rings. The lowest BCUT2D eigenvalue weighted by molar-refractivity contribution is -0.153. The first-order valence-corrected chi connectivity index (χ1v) is 10.7. The van der Waals surface area contributed by atoms with E-state index < -0.39 is 41.9 Å². The fourth-order valence-electron chi connectivity index (χ4n) is 3.57. The maximum absolute atomic E-state index is 13.2. The van der Waals surface area contributed by atoms with Crippen LogP contribution >= 0.6 is 0 Å². The Bertz CT molecular complexity index is 1480. The van der Waals surface area contributed by atoms with Gasteiger partial charge < -0.3 is 15.8 Å². The van der Waals surface area contributed by atoms with E-state index in [1.54, 1.807) is 37.4 Å². The van der Waals surface area contributed by atoms with E-state index in [0.29, 0.717) is 34.2 Å². The molecule has 0 fully saturated rings. The normalized spacial score (nSPS) is 12.0. The van der Waals surface area contributed by atoms with Crippen molar-refractivity contribution in [3.63, 3.8) is 0 Å². The summed E-state index contributed by atoms with van der Waals surface area (Å²) in [4.78, 5) is 21.1. The van der Waals surface area contributed by atoms with Gasteiger partial charge in [-0.05, 0) is 66.1 Å². The van der Waals surface area contributed by atoms with Crippen molar-refractivity contribution in [3.8, 4) is 16.9 Å². The number of hydrogen-bond acceptors (Lipinski definition) is 5. The number of nitrogens with two attached hydrogens (primary N) is 1. The van der Waals surface area contributed by atoms with Gasteiger partial charge in [0.2, 0.25) is 5.95 Å². The molecule has 0 atom stereocenters. The molecular weight excluding hydrogens is 502 g/mol. The minimum atomic E-state index is -4.79. The molecule has 1 heterocycles. The van der Waals surface area contributed by atoms with Crippen molar-refractivity contribution in [2.45, 2.75) is 19.3 Å². The molecule has 0 unspecified atom stereocenters. The van der Waals surface area contributed by atoms with Gasteiger partial charge in [-0.3, -0.25) is 4.79 Å². The number of hydrogen-bond donors (Lipinski definition) is 2. The molecular formula is C25H18F6N4O2. The van der Waals surface area contributed by atoms with E-state index in [4.69, 9.17) is 5.73 Å². The molecule has 0 aliphatic carbocycles. The largest absolute Gasteiger partial charge is 0.482 e. The molecule has 4 rings (SSSR count). The molecule has 0 spiro atoms. The Kier molecular flexibility index (Phi) is 6.68. The molecule has 1 amide bonds. The van der Waals surface area contributed by atoms with Crippen LogP contribution in [0.3, 0.4) is 0 Å². The summed E-state index contributed by atoms with van der Waals surface area (Å²) in [5.41, 5.74) is 6.71. The lowest BCUT2D eigenvalue weighted by Gasteiger charge is -2.17. The fraction of sp³-hybridized carbons (Fsp3) is 0.160. The molecule has 0 saturated heterocycles. The van der Waals surface area contributed by atoms with Gasteiger partial charge in [-0.1, -0.05) is 12.1 Å². The number of nitrogens with one attached hydrogen (secondary N) is 1. The number of alkyl halides is 6. The van der Waals surface area contributed by atoms with Crippen LogP contribution in [0.4, 0.5) is 38.0 Å². The predicted octanol–water partition coefficient (Wildman–Crippen LogP) is 6.40. The number of aromatic nitrogens is 2. The average Bonchev–Trinajstić information content (AvgIpc) is 2.82. The van der Waals surface area contributed by atoms with E-state index in [9.17, 15) is 31.1 Å². The maximum atomic E-state index is 13.2. The van der Waals surface area contributed by atoms with Crippen molar-refractivity contribution in [3.05, 3.63) is 77.5 Å². The number of carbonyl (C=O) groups is 1. The summed E-state index contributed by atoms with van der Waals surface area (Å²) in [6.45, 7) is 0.0594. The van der Waals surface area contributed by atoms with Gasteiger partial charge in [0.25, 0.3) is 5.91 Å². The van der Waals surface area contributed by atoms with Gasteiger partial charge in [-0.25, -0.2) is 9.97 Å². The number of anilines is 2. The van der Waals surface area contributed by atoms with E-state index in [-0.39, 0.29) is 11.5 Å². The van der Waals surface area contributed by atoms with E-state index in [0.717, 1.165) is 11.6 Å². The summed E-state index contributed by atoms with van der Waals surface area (Å²) in [7, 11) is 0. The molecule has 0 radical (unpaired) electrons. The molecule has 1 aromatic heterocycles. The van der Waals surface area contributed by atoms with E-state index in [1.165, 1.54) is 12.1 Å². The van der Waals surface area contributed by atoms with Crippen molar-refractivity contribution < 1.29 is 35.9 Å². The number of aryl methyl sites for hydroxylation is 1. The third-order valence-electron chi connectivity index (χ3n) is 5.36. The van der Waals surface area contributed by atoms with Crippen LogP contribution in [-0.4, -0.2) is 28.7 Å². The van der Waals surface area contributed by atoms with Crippen LogP contribution in [-0.2, 0) is 6.18 Å². The van der Waals surface area contributed by atoms with Gasteiger partial charge in [-0.15, -0.1) is 0 Å². The highest BCUT2D eigenvalue weighted by Crippen LogP contribution is 2.36. The molecule has 0 bridgehead atoms. The van der Waals surface area contributed by atoms with Crippen molar-refractivity contribution in [1.29, 1.82) is 0 Å². The van der Waals surface area contributed by atoms with Gasteiger partial charge in [0.1, 0.15) is 5.75 Å². The quantitative estimate of drug-likeness (QED) is 0.297. The van der Waals surface area contributed by atoms with Crippen LogP contribution in [0.1, 0.15) is 21.5 Å². The van der Waals surface area contributed by atoms with Crippen molar-refractivity contribution >= 4 is 28.4 Å². The summed E-state index contributed by atoms with van der Waals surface area (Å²) < 4.78 is 82.1. The molecule has 192 valence electrons. The second kappa shape index (κ2) is 9.60. The lowest BCUT2D eigenvalue weighted by atomic mass is 9.97. The van der Waals surface area contributed by atoms with Crippen LogP contribution in [0.5, 0.6) is 5.75 Å². The van der Waals surface area contributed by atoms with Crippen LogP contribution < -0.4 is 15.8 Å². The molecule has 0 saturated carbocycles. The monoisotopic (exact) mass is 520 g/mol. The third-order valence-corrected chi connectivity index (χ3v) is 5.36. The van der Waals surface area contributed by atoms with Gasteiger partial charge in [0.15, 0.2) is 6.61 Å². The smallest absolute Gasteiger partial charge is 0.422 e. The number of rotatable bonds is 5. The highest BCUT2D eigenvalue weighted by molar-refractivity contribution is 6.06. The van der Waals surface area contributed by atoms with Crippen molar-refractivity contribution in [2.24, 2.45) is 0 Å². The number of benzene rings is 3. The first kappa shape index (κ1) is 25.7. The zero-order chi connectivity index (χ0) is 27.0. The number of nitrogen functional groups attached to an aromatic ring is 1. The summed E-state index contributed by atoms with van der Waals surface area (Å²) in [6, 6.07) is 11.7. The van der Waals surface area contributed by atoms with Crippen LogP contribution in [0.2, 0.25) is 0 Å². The maximum Gasteiger partial charge on any atom is 0.422 e. The Morgan fingerprint density at radius 1 is 1.00 bits per heavy atom. The Morgan fingerprint density at radius 2 is 1.76 bits per heavy atom. The fourth-order valence-corrected chi connectivity index (χ4v) is 3.57. The Labute approximate surface area is 206 Å². The Morgan fingerprint density at radius 3 is 2.46 bits per heavy atom.